The summed E-state index contributed by atoms with van der Waals surface area (Å²) in [6.07, 6.45) is 0.223. The third kappa shape index (κ3) is 6.19. The van der Waals surface area contributed by atoms with Gasteiger partial charge in [0.05, 0.1) is 16.3 Å². The number of hydrogen-bond acceptors (Lipinski definition) is 5. The lowest BCUT2D eigenvalue weighted by atomic mass is 10.0. The Bertz CT molecular complexity index is 1600. The molecule has 1 saturated heterocycles. The van der Waals surface area contributed by atoms with Crippen LogP contribution in [0, 0.1) is 5.82 Å². The summed E-state index contributed by atoms with van der Waals surface area (Å²) in [5.41, 5.74) is 1.51. The van der Waals surface area contributed by atoms with E-state index in [-0.39, 0.29) is 11.7 Å². The summed E-state index contributed by atoms with van der Waals surface area (Å²) in [6.45, 7) is 6.03. The summed E-state index contributed by atoms with van der Waals surface area (Å²) in [5.74, 6) is -0.0719. The van der Waals surface area contributed by atoms with Crippen LogP contribution in [0.3, 0.4) is 0 Å². The molecule has 0 atom stereocenters. The highest BCUT2D eigenvalue weighted by atomic mass is 32.3. The third-order valence-electron chi connectivity index (χ3n) is 6.24. The van der Waals surface area contributed by atoms with E-state index in [1.54, 1.807) is 57.2 Å². The molecule has 39 heavy (non-hydrogen) atoms. The van der Waals surface area contributed by atoms with Crippen molar-refractivity contribution in [3.63, 3.8) is 0 Å². The molecule has 1 fully saturated rings. The smallest absolute Gasteiger partial charge is 0.412 e. The predicted molar refractivity (Wildman–Crippen MR) is 157 cm³/mol. The number of amides is 2. The van der Waals surface area contributed by atoms with Gasteiger partial charge in [-0.2, -0.15) is 0 Å². The molecule has 0 spiro atoms. The molecule has 2 heterocycles. The zero-order chi connectivity index (χ0) is 27.8. The average Bonchev–Trinajstić information content (AvgIpc) is 3.51. The monoisotopic (exact) mass is 567 g/mol. The number of rotatable bonds is 5. The van der Waals surface area contributed by atoms with E-state index in [4.69, 9.17) is 4.74 Å². The fourth-order valence-corrected chi connectivity index (χ4v) is 7.73. The second kappa shape index (κ2) is 10.5. The van der Waals surface area contributed by atoms with Crippen LogP contribution in [-0.2, 0) is 14.9 Å². The normalized spacial score (nSPS) is 15.6. The highest BCUT2D eigenvalue weighted by molar-refractivity contribution is 8.01. The molecule has 3 aromatic carbocycles. The molecule has 0 bridgehead atoms. The van der Waals surface area contributed by atoms with Crippen molar-refractivity contribution >= 4 is 54.9 Å². The standard InChI is InChI=1S/C29H30FN3O4S2/c1-29(2,3)37-28(35)33-23-11-7-19(18-5-8-21(30)9-6-18)16-24(23)32-27(34)26-17-20-15-22(10-12-25(20)38-26)39(36)14-4-13-31-39/h5-12,15-17,39H,4,13-14H2,1-3H3,(H,31,36)(H,32,34)(H,33,35). The predicted octanol–water partition coefficient (Wildman–Crippen LogP) is 6.59. The number of carbonyl (C=O) groups is 2. The molecule has 5 rings (SSSR count). The van der Waals surface area contributed by atoms with Gasteiger partial charge >= 0.3 is 6.09 Å². The number of thiol groups is 1. The van der Waals surface area contributed by atoms with Crippen LogP contribution < -0.4 is 15.4 Å². The SMILES string of the molecule is CC(C)(C)OC(=O)Nc1ccc(-c2ccc(F)cc2)cc1NC(=O)c1cc2cc([SH]3(=O)CCCN3)ccc2s1. The Morgan fingerprint density at radius 1 is 0.949 bits per heavy atom. The molecular formula is C29H30FN3O4S2. The summed E-state index contributed by atoms with van der Waals surface area (Å²) >= 11 is 1.33. The van der Waals surface area contributed by atoms with Crippen molar-refractivity contribution in [3.05, 3.63) is 77.4 Å². The van der Waals surface area contributed by atoms with Gasteiger partial charge in [0, 0.05) is 21.9 Å². The lowest BCUT2D eigenvalue weighted by molar-refractivity contribution is 0.0635. The topological polar surface area (TPSA) is 96.5 Å². The van der Waals surface area contributed by atoms with Gasteiger partial charge in [0.25, 0.3) is 5.91 Å². The Morgan fingerprint density at radius 3 is 2.38 bits per heavy atom. The highest BCUT2D eigenvalue weighted by Crippen LogP contribution is 2.33. The number of hydrogen-bond donors (Lipinski definition) is 4. The molecule has 0 unspecified atom stereocenters. The maximum atomic E-state index is 13.5. The van der Waals surface area contributed by atoms with Gasteiger partial charge in [-0.15, -0.1) is 11.3 Å². The Hall–Kier alpha value is -3.60. The van der Waals surface area contributed by atoms with Crippen LogP contribution in [0.1, 0.15) is 36.9 Å². The van der Waals surface area contributed by atoms with Gasteiger partial charge in [-0.05, 0) is 102 Å². The minimum Gasteiger partial charge on any atom is -0.444 e. The van der Waals surface area contributed by atoms with Crippen molar-refractivity contribution in [2.24, 2.45) is 0 Å². The van der Waals surface area contributed by atoms with Crippen molar-refractivity contribution in [2.45, 2.75) is 37.7 Å². The van der Waals surface area contributed by atoms with E-state index in [1.165, 1.54) is 23.5 Å². The van der Waals surface area contributed by atoms with Gasteiger partial charge in [-0.3, -0.25) is 19.0 Å². The van der Waals surface area contributed by atoms with E-state index in [0.717, 1.165) is 39.1 Å². The second-order valence-electron chi connectivity index (χ2n) is 10.4. The van der Waals surface area contributed by atoms with E-state index in [2.05, 4.69) is 15.4 Å². The first kappa shape index (κ1) is 27.0. The number of fused-ring (bicyclic) bond motifs is 1. The van der Waals surface area contributed by atoms with Gasteiger partial charge in [0.2, 0.25) is 0 Å². The summed E-state index contributed by atoms with van der Waals surface area (Å²) in [6, 6.07) is 18.6. The van der Waals surface area contributed by atoms with Gasteiger partial charge in [0.1, 0.15) is 11.4 Å². The number of nitrogens with one attached hydrogen (secondary N) is 3. The first-order valence-corrected chi connectivity index (χ1v) is 15.3. The minimum atomic E-state index is -2.59. The van der Waals surface area contributed by atoms with E-state index in [1.807, 2.05) is 18.2 Å². The fraction of sp³-hybridized carbons (Fsp3) is 0.241. The van der Waals surface area contributed by atoms with Crippen LogP contribution in [0.15, 0.2) is 71.6 Å². The van der Waals surface area contributed by atoms with Crippen LogP contribution >= 0.6 is 11.3 Å². The van der Waals surface area contributed by atoms with Crippen molar-refractivity contribution < 1.29 is 22.9 Å². The third-order valence-corrected chi connectivity index (χ3v) is 10.1. The maximum absolute atomic E-state index is 13.5. The molecule has 2 amide bonds. The van der Waals surface area contributed by atoms with Crippen LogP contribution in [0.2, 0.25) is 0 Å². The molecule has 204 valence electrons. The van der Waals surface area contributed by atoms with Crippen molar-refractivity contribution in [1.29, 1.82) is 0 Å². The zero-order valence-corrected chi connectivity index (χ0v) is 23.5. The fourth-order valence-electron chi connectivity index (χ4n) is 4.40. The zero-order valence-electron chi connectivity index (χ0n) is 21.8. The molecule has 1 aromatic heterocycles. The van der Waals surface area contributed by atoms with E-state index >= 15 is 0 Å². The molecule has 1 aliphatic rings. The Labute approximate surface area is 231 Å². The Kier molecular flexibility index (Phi) is 7.28. The lowest BCUT2D eigenvalue weighted by Gasteiger charge is -2.21. The molecule has 4 aromatic rings. The summed E-state index contributed by atoms with van der Waals surface area (Å²) in [7, 11) is -2.59. The van der Waals surface area contributed by atoms with Crippen molar-refractivity contribution in [1.82, 2.24) is 4.72 Å². The molecule has 1 aliphatic heterocycles. The maximum Gasteiger partial charge on any atom is 0.412 e. The van der Waals surface area contributed by atoms with Crippen molar-refractivity contribution in [2.75, 3.05) is 22.9 Å². The molecule has 0 saturated carbocycles. The summed E-state index contributed by atoms with van der Waals surface area (Å²) < 4.78 is 36.1. The second-order valence-corrected chi connectivity index (χ2v) is 14.2. The number of ether oxygens (including phenoxy) is 1. The molecule has 3 N–H and O–H groups in total. The molecule has 0 aliphatic carbocycles. The summed E-state index contributed by atoms with van der Waals surface area (Å²) in [5, 5.41) is 6.47. The van der Waals surface area contributed by atoms with Crippen LogP contribution in [0.25, 0.3) is 21.2 Å². The van der Waals surface area contributed by atoms with Gasteiger partial charge in [-0.1, -0.05) is 18.2 Å². The van der Waals surface area contributed by atoms with Crippen molar-refractivity contribution in [3.8, 4) is 11.1 Å². The molecule has 0 radical (unpaired) electrons. The molecule has 7 nitrogen and oxygen atoms in total. The van der Waals surface area contributed by atoms with Crippen LogP contribution in [0.4, 0.5) is 20.6 Å². The first-order valence-electron chi connectivity index (χ1n) is 12.6. The Morgan fingerprint density at radius 2 is 1.69 bits per heavy atom. The van der Waals surface area contributed by atoms with E-state index < -0.39 is 21.8 Å². The minimum absolute atomic E-state index is 0.350. The highest BCUT2D eigenvalue weighted by Gasteiger charge is 2.23. The van der Waals surface area contributed by atoms with Gasteiger partial charge in [0.15, 0.2) is 0 Å². The average molecular weight is 568 g/mol. The van der Waals surface area contributed by atoms with Gasteiger partial charge < -0.3 is 10.1 Å². The molecular weight excluding hydrogens is 537 g/mol. The Balaban J connectivity index is 1.45. The van der Waals surface area contributed by atoms with Crippen LogP contribution in [-0.4, -0.2) is 34.1 Å². The number of thiophene rings is 1. The first-order chi connectivity index (χ1) is 18.5. The van der Waals surface area contributed by atoms with E-state index in [9.17, 15) is 18.2 Å². The number of anilines is 2. The number of halogens is 1. The summed E-state index contributed by atoms with van der Waals surface area (Å²) in [4.78, 5) is 27.1. The molecule has 10 heteroatoms. The van der Waals surface area contributed by atoms with Gasteiger partial charge in [-0.25, -0.2) is 9.18 Å². The largest absolute Gasteiger partial charge is 0.444 e. The number of benzene rings is 3. The van der Waals surface area contributed by atoms with Crippen LogP contribution in [0.5, 0.6) is 0 Å². The quantitative estimate of drug-likeness (QED) is 0.205. The number of carbonyl (C=O) groups excluding carboxylic acids is 2. The lowest BCUT2D eigenvalue weighted by Crippen LogP contribution is -2.27. The van der Waals surface area contributed by atoms with E-state index in [0.29, 0.717) is 22.0 Å².